The molecule has 1 saturated heterocycles. The van der Waals surface area contributed by atoms with Crippen molar-refractivity contribution in [3.63, 3.8) is 0 Å². The van der Waals surface area contributed by atoms with Crippen LogP contribution in [0.15, 0.2) is 22.5 Å². The SMILES string of the molecule is I.NC(=NCC(c1cccs1)N1CCCC1)NC1CCCC1. The molecule has 1 aromatic heterocycles. The second kappa shape index (κ2) is 9.08. The fraction of sp³-hybridized carbons (Fsp3) is 0.688. The number of rotatable bonds is 5. The Kier molecular flexibility index (Phi) is 7.43. The maximum Gasteiger partial charge on any atom is 0.188 e. The van der Waals surface area contributed by atoms with Gasteiger partial charge >= 0.3 is 0 Å². The van der Waals surface area contributed by atoms with Crippen molar-refractivity contribution in [1.82, 2.24) is 10.2 Å². The lowest BCUT2D eigenvalue weighted by Crippen LogP contribution is -2.39. The van der Waals surface area contributed by atoms with E-state index in [0.717, 1.165) is 6.54 Å². The Morgan fingerprint density at radius 3 is 2.68 bits per heavy atom. The van der Waals surface area contributed by atoms with Crippen LogP contribution in [-0.4, -0.2) is 36.5 Å². The molecule has 1 aliphatic heterocycles. The van der Waals surface area contributed by atoms with Crippen molar-refractivity contribution in [1.29, 1.82) is 0 Å². The zero-order valence-electron chi connectivity index (χ0n) is 13.0. The average Bonchev–Trinajstić information content (AvgIpc) is 3.23. The highest BCUT2D eigenvalue weighted by Crippen LogP contribution is 2.28. The lowest BCUT2D eigenvalue weighted by Gasteiger charge is -2.25. The van der Waals surface area contributed by atoms with Crippen molar-refractivity contribution < 1.29 is 0 Å². The monoisotopic (exact) mass is 434 g/mol. The molecular weight excluding hydrogens is 407 g/mol. The number of thiophene rings is 1. The van der Waals surface area contributed by atoms with E-state index in [9.17, 15) is 0 Å². The maximum absolute atomic E-state index is 6.08. The predicted molar refractivity (Wildman–Crippen MR) is 105 cm³/mol. The number of guanidine groups is 1. The molecule has 0 amide bonds. The third-order valence-corrected chi connectivity index (χ3v) is 5.57. The molecule has 124 valence electrons. The standard InChI is InChI=1S/C16H26N4S.HI/c17-16(19-13-6-1-2-7-13)18-12-14(15-8-5-11-21-15)20-9-3-4-10-20;/h5,8,11,13-14H,1-4,6-7,9-10,12H2,(H3,17,18,19);1H. The lowest BCUT2D eigenvalue weighted by molar-refractivity contribution is 0.255. The van der Waals surface area contributed by atoms with Crippen molar-refractivity contribution >= 4 is 41.3 Å². The number of nitrogens with one attached hydrogen (secondary N) is 1. The minimum absolute atomic E-state index is 0. The van der Waals surface area contributed by atoms with Gasteiger partial charge in [-0.05, 0) is 50.2 Å². The quantitative estimate of drug-likeness (QED) is 0.425. The number of likely N-dealkylation sites (tertiary alicyclic amines) is 1. The molecule has 22 heavy (non-hydrogen) atoms. The Morgan fingerprint density at radius 1 is 1.32 bits per heavy atom. The second-order valence-electron chi connectivity index (χ2n) is 6.13. The van der Waals surface area contributed by atoms with Gasteiger partial charge in [0.15, 0.2) is 5.96 Å². The molecule has 0 spiro atoms. The summed E-state index contributed by atoms with van der Waals surface area (Å²) in [4.78, 5) is 8.60. The second-order valence-corrected chi connectivity index (χ2v) is 7.11. The van der Waals surface area contributed by atoms with Crippen LogP contribution in [0.3, 0.4) is 0 Å². The number of nitrogens with zero attached hydrogens (tertiary/aromatic N) is 2. The van der Waals surface area contributed by atoms with Gasteiger partial charge < -0.3 is 11.1 Å². The molecule has 4 nitrogen and oxygen atoms in total. The van der Waals surface area contributed by atoms with Gasteiger partial charge in [-0.3, -0.25) is 9.89 Å². The zero-order chi connectivity index (χ0) is 14.5. The van der Waals surface area contributed by atoms with E-state index in [1.165, 1.54) is 56.5 Å². The lowest BCUT2D eigenvalue weighted by atomic mass is 10.2. The summed E-state index contributed by atoms with van der Waals surface area (Å²) < 4.78 is 0. The van der Waals surface area contributed by atoms with Crippen LogP contribution in [0.4, 0.5) is 0 Å². The highest BCUT2D eigenvalue weighted by atomic mass is 127. The Hall–Kier alpha value is -0.340. The summed E-state index contributed by atoms with van der Waals surface area (Å²) in [5.74, 6) is 0.627. The third-order valence-electron chi connectivity index (χ3n) is 4.59. The highest BCUT2D eigenvalue weighted by Gasteiger charge is 2.24. The largest absolute Gasteiger partial charge is 0.370 e. The van der Waals surface area contributed by atoms with Crippen LogP contribution in [0.1, 0.15) is 49.4 Å². The molecule has 1 aromatic rings. The topological polar surface area (TPSA) is 53.6 Å². The highest BCUT2D eigenvalue weighted by molar-refractivity contribution is 14.0. The van der Waals surface area contributed by atoms with Gasteiger partial charge in [0.25, 0.3) is 0 Å². The fourth-order valence-corrected chi connectivity index (χ4v) is 4.28. The Labute approximate surface area is 154 Å². The van der Waals surface area contributed by atoms with Crippen LogP contribution in [0, 0.1) is 0 Å². The van der Waals surface area contributed by atoms with E-state index >= 15 is 0 Å². The molecule has 6 heteroatoms. The summed E-state index contributed by atoms with van der Waals surface area (Å²) >= 11 is 1.83. The molecule has 2 aliphatic rings. The van der Waals surface area contributed by atoms with Crippen molar-refractivity contribution in [2.24, 2.45) is 10.7 Å². The minimum atomic E-state index is 0. The minimum Gasteiger partial charge on any atom is -0.370 e. The molecule has 2 fully saturated rings. The molecule has 3 N–H and O–H groups in total. The van der Waals surface area contributed by atoms with Crippen molar-refractivity contribution in [3.05, 3.63) is 22.4 Å². The summed E-state index contributed by atoms with van der Waals surface area (Å²) in [6.45, 7) is 3.15. The molecule has 1 aliphatic carbocycles. The first-order valence-electron chi connectivity index (χ1n) is 8.17. The molecule has 1 atom stereocenters. The number of nitrogens with two attached hydrogens (primary N) is 1. The summed E-state index contributed by atoms with van der Waals surface area (Å²) in [6.07, 6.45) is 7.71. The number of halogens is 1. The van der Waals surface area contributed by atoms with Crippen LogP contribution < -0.4 is 11.1 Å². The molecule has 3 rings (SSSR count). The van der Waals surface area contributed by atoms with Crippen molar-refractivity contribution in [2.45, 2.75) is 50.6 Å². The van der Waals surface area contributed by atoms with Crippen LogP contribution in [-0.2, 0) is 0 Å². The van der Waals surface area contributed by atoms with E-state index in [4.69, 9.17) is 5.73 Å². The van der Waals surface area contributed by atoms with E-state index in [1.54, 1.807) is 0 Å². The van der Waals surface area contributed by atoms with Gasteiger partial charge in [0.1, 0.15) is 0 Å². The maximum atomic E-state index is 6.08. The Balaban J connectivity index is 0.00000176. The van der Waals surface area contributed by atoms with Gasteiger partial charge in [0.2, 0.25) is 0 Å². The molecular formula is C16H27IN4S. The molecule has 0 bridgehead atoms. The molecule has 0 radical (unpaired) electrons. The van der Waals surface area contributed by atoms with Gasteiger partial charge in [0.05, 0.1) is 12.6 Å². The number of hydrogen-bond donors (Lipinski definition) is 2. The first-order chi connectivity index (χ1) is 10.3. The first kappa shape index (κ1) is 18.0. The Bertz CT molecular complexity index is 451. The van der Waals surface area contributed by atoms with Crippen LogP contribution >= 0.6 is 35.3 Å². The van der Waals surface area contributed by atoms with Gasteiger partial charge in [-0.2, -0.15) is 0 Å². The molecule has 1 unspecified atom stereocenters. The van der Waals surface area contributed by atoms with Crippen LogP contribution in [0.2, 0.25) is 0 Å². The number of hydrogen-bond acceptors (Lipinski definition) is 3. The van der Waals surface area contributed by atoms with Gasteiger partial charge in [-0.15, -0.1) is 35.3 Å². The van der Waals surface area contributed by atoms with Crippen molar-refractivity contribution in [2.75, 3.05) is 19.6 Å². The fourth-order valence-electron chi connectivity index (χ4n) is 3.43. The first-order valence-corrected chi connectivity index (χ1v) is 9.05. The van der Waals surface area contributed by atoms with E-state index < -0.39 is 0 Å². The molecule has 1 saturated carbocycles. The normalized spacial score (nSPS) is 21.7. The van der Waals surface area contributed by atoms with E-state index in [-0.39, 0.29) is 24.0 Å². The summed E-state index contributed by atoms with van der Waals surface area (Å²) in [6, 6.07) is 5.30. The Morgan fingerprint density at radius 2 is 2.05 bits per heavy atom. The van der Waals surface area contributed by atoms with E-state index in [1.807, 2.05) is 11.3 Å². The third kappa shape index (κ3) is 4.83. The van der Waals surface area contributed by atoms with Gasteiger partial charge in [-0.25, -0.2) is 0 Å². The molecule has 0 aromatic carbocycles. The van der Waals surface area contributed by atoms with E-state index in [0.29, 0.717) is 18.0 Å². The van der Waals surface area contributed by atoms with Crippen molar-refractivity contribution in [3.8, 4) is 0 Å². The smallest absolute Gasteiger partial charge is 0.188 e. The van der Waals surface area contributed by atoms with Crippen LogP contribution in [0.5, 0.6) is 0 Å². The average molecular weight is 434 g/mol. The summed E-state index contributed by atoms with van der Waals surface area (Å²) in [5, 5.41) is 5.54. The predicted octanol–water partition coefficient (Wildman–Crippen LogP) is 3.35. The molecule has 2 heterocycles. The van der Waals surface area contributed by atoms with E-state index in [2.05, 4.69) is 32.7 Å². The number of aliphatic imine (C=N–C) groups is 1. The van der Waals surface area contributed by atoms with Gasteiger partial charge in [0, 0.05) is 10.9 Å². The summed E-state index contributed by atoms with van der Waals surface area (Å²) in [7, 11) is 0. The zero-order valence-corrected chi connectivity index (χ0v) is 16.2. The van der Waals surface area contributed by atoms with Crippen LogP contribution in [0.25, 0.3) is 0 Å². The van der Waals surface area contributed by atoms with Gasteiger partial charge in [-0.1, -0.05) is 18.9 Å². The summed E-state index contributed by atoms with van der Waals surface area (Å²) in [5.41, 5.74) is 6.08.